The quantitative estimate of drug-likeness (QED) is 0.536. The maximum Gasteiger partial charge on any atom is 0.308 e. The van der Waals surface area contributed by atoms with Crippen LogP contribution in [0.5, 0.6) is 0 Å². The summed E-state index contributed by atoms with van der Waals surface area (Å²) in [6.45, 7) is 8.13. The van der Waals surface area contributed by atoms with E-state index in [1.165, 1.54) is 16.7 Å². The molecule has 4 rings (SSSR count). The van der Waals surface area contributed by atoms with Gasteiger partial charge in [0.15, 0.2) is 0 Å². The number of carbonyl (C=O) groups excluding carboxylic acids is 2. The smallest absolute Gasteiger partial charge is 0.308 e. The van der Waals surface area contributed by atoms with E-state index in [0.717, 1.165) is 5.56 Å². The molecule has 1 aromatic carbocycles. The molecule has 2 bridgehead atoms. The van der Waals surface area contributed by atoms with E-state index in [1.807, 2.05) is 44.2 Å². The summed E-state index contributed by atoms with van der Waals surface area (Å²) < 4.78 is -0.805. The summed E-state index contributed by atoms with van der Waals surface area (Å²) >= 11 is 1.52. The summed E-state index contributed by atoms with van der Waals surface area (Å²) in [7, 11) is 0. The third kappa shape index (κ3) is 3.58. The minimum Gasteiger partial charge on any atom is -0.481 e. The number of aliphatic hydroxyl groups is 1. The number of benzene rings is 1. The molecule has 3 aliphatic rings. The number of carboxylic acids is 1. The molecule has 7 nitrogen and oxygen atoms in total. The molecule has 3 saturated heterocycles. The van der Waals surface area contributed by atoms with Gasteiger partial charge in [0, 0.05) is 18.3 Å². The van der Waals surface area contributed by atoms with Crippen molar-refractivity contribution in [3.05, 3.63) is 48.6 Å². The highest BCUT2D eigenvalue weighted by atomic mass is 32.2. The van der Waals surface area contributed by atoms with Crippen LogP contribution >= 0.6 is 11.8 Å². The predicted molar refractivity (Wildman–Crippen MR) is 126 cm³/mol. The Hall–Kier alpha value is -2.32. The van der Waals surface area contributed by atoms with Crippen LogP contribution in [0.15, 0.2) is 43.0 Å². The van der Waals surface area contributed by atoms with Crippen molar-refractivity contribution in [3.8, 4) is 0 Å². The maximum absolute atomic E-state index is 14.2. The first-order chi connectivity index (χ1) is 15.8. The molecule has 8 heteroatoms. The van der Waals surface area contributed by atoms with Crippen molar-refractivity contribution in [1.29, 1.82) is 0 Å². The normalized spacial score (nSPS) is 33.1. The molecule has 7 atom stereocenters. The number of carboxylic acid groups (broad SMARTS) is 1. The Kier molecular flexibility index (Phi) is 6.60. The van der Waals surface area contributed by atoms with Crippen molar-refractivity contribution in [2.75, 3.05) is 13.2 Å². The summed E-state index contributed by atoms with van der Waals surface area (Å²) in [5, 5.41) is 19.9. The van der Waals surface area contributed by atoms with Crippen LogP contribution in [-0.4, -0.2) is 73.0 Å². The van der Waals surface area contributed by atoms with Gasteiger partial charge in [0.25, 0.3) is 0 Å². The van der Waals surface area contributed by atoms with Crippen LogP contribution in [0.2, 0.25) is 0 Å². The Labute approximate surface area is 198 Å². The summed E-state index contributed by atoms with van der Waals surface area (Å²) in [5.74, 6) is -3.04. The fourth-order valence-corrected chi connectivity index (χ4v) is 8.59. The van der Waals surface area contributed by atoms with Gasteiger partial charge in [-0.05, 0) is 24.3 Å². The summed E-state index contributed by atoms with van der Waals surface area (Å²) in [5.41, 5.74) is 0.964. The second-order valence-corrected chi connectivity index (χ2v) is 10.9. The summed E-state index contributed by atoms with van der Waals surface area (Å²) in [4.78, 5) is 43.5. The molecule has 1 spiro atoms. The molecule has 3 fully saturated rings. The molecule has 3 aliphatic heterocycles. The first-order valence-corrected chi connectivity index (χ1v) is 12.5. The standard InChI is InChI=1S/C25H32N2O5S/c1-4-11-26(13-16-9-7-6-8-10-16)23(30)21-25-15(3)12-18(33-25)19(24(31)32)20(25)22(29)27(21)17(5-2)14-28/h4,6-10,15,17-21,28H,1,5,11-14H2,2-3H3,(H,31,32)/t15?,17-,18+,19-,20-,21?,25?/m0/s1. The Bertz CT molecular complexity index is 936. The molecular weight excluding hydrogens is 440 g/mol. The number of aliphatic hydroxyl groups excluding tert-OH is 1. The number of thioether (sulfide) groups is 1. The number of hydrogen-bond donors (Lipinski definition) is 2. The van der Waals surface area contributed by atoms with Crippen LogP contribution in [0.3, 0.4) is 0 Å². The second-order valence-electron chi connectivity index (χ2n) is 9.37. The lowest BCUT2D eigenvalue weighted by atomic mass is 9.66. The number of rotatable bonds is 9. The number of likely N-dealkylation sites (tertiary alicyclic amines) is 1. The fourth-order valence-electron chi connectivity index (χ4n) is 6.19. The number of amides is 2. The monoisotopic (exact) mass is 472 g/mol. The molecule has 0 saturated carbocycles. The van der Waals surface area contributed by atoms with E-state index in [-0.39, 0.29) is 29.6 Å². The van der Waals surface area contributed by atoms with Crippen LogP contribution in [0.25, 0.3) is 0 Å². The lowest BCUT2D eigenvalue weighted by Crippen LogP contribution is -2.59. The zero-order chi connectivity index (χ0) is 23.9. The summed E-state index contributed by atoms with van der Waals surface area (Å²) in [6, 6.07) is 8.30. The molecule has 33 heavy (non-hydrogen) atoms. The van der Waals surface area contributed by atoms with E-state index in [9.17, 15) is 24.6 Å². The zero-order valence-electron chi connectivity index (χ0n) is 19.1. The SMILES string of the molecule is C=CCN(Cc1ccccc1)C(=O)C1N([C@@H](CC)CO)C(=O)[C@@H]2[C@@H](C(=O)O)[C@H]3CC(C)C12S3. The van der Waals surface area contributed by atoms with Gasteiger partial charge < -0.3 is 20.0 Å². The van der Waals surface area contributed by atoms with Crippen molar-refractivity contribution in [3.63, 3.8) is 0 Å². The predicted octanol–water partition coefficient (Wildman–Crippen LogP) is 2.39. The third-order valence-electron chi connectivity index (χ3n) is 7.66. The van der Waals surface area contributed by atoms with Gasteiger partial charge in [0.05, 0.1) is 29.2 Å². The highest BCUT2D eigenvalue weighted by Crippen LogP contribution is 2.69. The van der Waals surface area contributed by atoms with Crippen molar-refractivity contribution < 1.29 is 24.6 Å². The van der Waals surface area contributed by atoms with Crippen LogP contribution < -0.4 is 0 Å². The van der Waals surface area contributed by atoms with Crippen molar-refractivity contribution in [2.45, 2.75) is 55.3 Å². The highest BCUT2D eigenvalue weighted by Gasteiger charge is 2.76. The van der Waals surface area contributed by atoms with Crippen LogP contribution in [0, 0.1) is 17.8 Å². The molecule has 178 valence electrons. The Morgan fingerprint density at radius 3 is 2.64 bits per heavy atom. The first kappa shape index (κ1) is 23.8. The molecule has 2 N–H and O–H groups in total. The van der Waals surface area contributed by atoms with Crippen LogP contribution in [-0.2, 0) is 20.9 Å². The number of nitrogens with zero attached hydrogens (tertiary/aromatic N) is 2. The van der Waals surface area contributed by atoms with E-state index in [4.69, 9.17) is 0 Å². The molecular formula is C25H32N2O5S. The molecule has 3 unspecified atom stereocenters. The maximum atomic E-state index is 14.2. The number of carbonyl (C=O) groups is 3. The van der Waals surface area contributed by atoms with Crippen LogP contribution in [0.4, 0.5) is 0 Å². The zero-order valence-corrected chi connectivity index (χ0v) is 19.9. The molecule has 0 aromatic heterocycles. The Balaban J connectivity index is 1.80. The summed E-state index contributed by atoms with van der Waals surface area (Å²) in [6.07, 6.45) is 2.82. The molecule has 3 heterocycles. The number of hydrogen-bond acceptors (Lipinski definition) is 5. The van der Waals surface area contributed by atoms with Gasteiger partial charge in [-0.15, -0.1) is 18.3 Å². The van der Waals surface area contributed by atoms with Gasteiger partial charge >= 0.3 is 5.97 Å². The van der Waals surface area contributed by atoms with E-state index < -0.39 is 34.6 Å². The Morgan fingerprint density at radius 1 is 1.36 bits per heavy atom. The van der Waals surface area contributed by atoms with Gasteiger partial charge in [-0.25, -0.2) is 0 Å². The van der Waals surface area contributed by atoms with E-state index >= 15 is 0 Å². The number of aliphatic carboxylic acids is 1. The van der Waals surface area contributed by atoms with E-state index in [2.05, 4.69) is 6.58 Å². The molecule has 2 amide bonds. The lowest BCUT2D eigenvalue weighted by Gasteiger charge is -2.41. The van der Waals surface area contributed by atoms with Gasteiger partial charge in [-0.3, -0.25) is 14.4 Å². The average Bonchev–Trinajstić information content (AvgIpc) is 3.39. The average molecular weight is 473 g/mol. The van der Waals surface area contributed by atoms with Crippen molar-refractivity contribution in [2.24, 2.45) is 17.8 Å². The molecule has 0 aliphatic carbocycles. The van der Waals surface area contributed by atoms with Gasteiger partial charge in [0.1, 0.15) is 6.04 Å². The van der Waals surface area contributed by atoms with Gasteiger partial charge in [-0.1, -0.05) is 50.3 Å². The van der Waals surface area contributed by atoms with Gasteiger partial charge in [-0.2, -0.15) is 0 Å². The molecule has 0 radical (unpaired) electrons. The Morgan fingerprint density at radius 2 is 2.06 bits per heavy atom. The minimum atomic E-state index is -0.975. The van der Waals surface area contributed by atoms with E-state index in [0.29, 0.717) is 25.9 Å². The molecule has 1 aromatic rings. The fraction of sp³-hybridized carbons (Fsp3) is 0.560. The first-order valence-electron chi connectivity index (χ1n) is 11.6. The van der Waals surface area contributed by atoms with Crippen LogP contribution in [0.1, 0.15) is 32.3 Å². The largest absolute Gasteiger partial charge is 0.481 e. The second kappa shape index (κ2) is 9.14. The van der Waals surface area contributed by atoms with Gasteiger partial charge in [0.2, 0.25) is 11.8 Å². The number of fused-ring (bicyclic) bond motifs is 1. The van der Waals surface area contributed by atoms with Crippen molar-refractivity contribution in [1.82, 2.24) is 9.80 Å². The van der Waals surface area contributed by atoms with Crippen molar-refractivity contribution >= 4 is 29.5 Å². The topological polar surface area (TPSA) is 98.2 Å². The van der Waals surface area contributed by atoms with E-state index in [1.54, 1.807) is 11.0 Å². The lowest BCUT2D eigenvalue weighted by molar-refractivity contribution is -0.150. The highest BCUT2D eigenvalue weighted by molar-refractivity contribution is 8.02. The minimum absolute atomic E-state index is 0.00880. The third-order valence-corrected chi connectivity index (χ3v) is 9.73.